The normalized spacial score (nSPS) is 27.9. The molecule has 1 unspecified atom stereocenters. The molecule has 0 spiro atoms. The van der Waals surface area contributed by atoms with Crippen molar-refractivity contribution in [2.24, 2.45) is 0 Å². The first-order chi connectivity index (χ1) is 5.22. The summed E-state index contributed by atoms with van der Waals surface area (Å²) in [4.78, 5) is 12.6. The van der Waals surface area contributed by atoms with Gasteiger partial charge in [-0.3, -0.25) is 9.69 Å². The van der Waals surface area contributed by atoms with Crippen molar-refractivity contribution in [2.45, 2.75) is 31.7 Å². The van der Waals surface area contributed by atoms with Gasteiger partial charge in [-0.15, -0.1) is 0 Å². The van der Waals surface area contributed by atoms with Gasteiger partial charge in [0.2, 0.25) is 0 Å². The Morgan fingerprint density at radius 2 is 2.18 bits per heavy atom. The largest absolute Gasteiger partial charge is 0.480 e. The van der Waals surface area contributed by atoms with Crippen molar-refractivity contribution in [3.63, 3.8) is 0 Å². The van der Waals surface area contributed by atoms with E-state index >= 15 is 0 Å². The second kappa shape index (κ2) is 3.72. The van der Waals surface area contributed by atoms with Gasteiger partial charge in [0.1, 0.15) is 6.04 Å². The topological polar surface area (TPSA) is 40.5 Å². The van der Waals surface area contributed by atoms with Crippen molar-refractivity contribution in [3.05, 3.63) is 0 Å². The number of likely N-dealkylation sites (N-methyl/N-ethyl adjacent to an activating group) is 1. The van der Waals surface area contributed by atoms with Gasteiger partial charge in [-0.1, -0.05) is 12.8 Å². The molecule has 3 nitrogen and oxygen atoms in total. The van der Waals surface area contributed by atoms with Crippen LogP contribution in [0.1, 0.15) is 25.7 Å². The molecular weight excluding hydrogens is 142 g/mol. The molecule has 1 rings (SSSR count). The van der Waals surface area contributed by atoms with Crippen LogP contribution < -0.4 is 0 Å². The lowest BCUT2D eigenvalue weighted by molar-refractivity contribution is -0.142. The van der Waals surface area contributed by atoms with Gasteiger partial charge in [0.05, 0.1) is 0 Å². The van der Waals surface area contributed by atoms with E-state index in [1.165, 1.54) is 6.42 Å². The van der Waals surface area contributed by atoms with E-state index in [0.717, 1.165) is 25.8 Å². The minimum absolute atomic E-state index is 0.238. The van der Waals surface area contributed by atoms with E-state index in [1.54, 1.807) is 0 Å². The number of hydrogen-bond donors (Lipinski definition) is 1. The highest BCUT2D eigenvalue weighted by Crippen LogP contribution is 2.14. The van der Waals surface area contributed by atoms with Crippen molar-refractivity contribution in [1.82, 2.24) is 4.90 Å². The standard InChI is InChI=1S/C8H15NO2/c1-9-6-4-2-3-5-7(9)8(10)11/h7H,2-6H2,1H3,(H,10,11). The number of rotatable bonds is 1. The van der Waals surface area contributed by atoms with Crippen LogP contribution in [0.25, 0.3) is 0 Å². The van der Waals surface area contributed by atoms with Gasteiger partial charge in [0.15, 0.2) is 0 Å². The molecule has 1 fully saturated rings. The van der Waals surface area contributed by atoms with E-state index in [0.29, 0.717) is 0 Å². The summed E-state index contributed by atoms with van der Waals surface area (Å²) in [6, 6.07) is -0.238. The molecule has 3 heteroatoms. The molecule has 1 aliphatic heterocycles. The Labute approximate surface area is 67.0 Å². The Bertz CT molecular complexity index is 147. The fraction of sp³-hybridized carbons (Fsp3) is 0.875. The van der Waals surface area contributed by atoms with Gasteiger partial charge < -0.3 is 5.11 Å². The van der Waals surface area contributed by atoms with Crippen LogP contribution in [0.5, 0.6) is 0 Å². The highest BCUT2D eigenvalue weighted by atomic mass is 16.4. The first kappa shape index (κ1) is 8.53. The van der Waals surface area contributed by atoms with E-state index in [4.69, 9.17) is 5.11 Å². The fourth-order valence-electron chi connectivity index (χ4n) is 1.56. The smallest absolute Gasteiger partial charge is 0.320 e. The number of carbonyl (C=O) groups is 1. The Balaban J connectivity index is 2.52. The summed E-state index contributed by atoms with van der Waals surface area (Å²) in [5.41, 5.74) is 0. The monoisotopic (exact) mass is 157 g/mol. The van der Waals surface area contributed by atoms with E-state index in [1.807, 2.05) is 11.9 Å². The molecule has 1 N–H and O–H groups in total. The molecule has 1 saturated heterocycles. The third kappa shape index (κ3) is 2.19. The fourth-order valence-corrected chi connectivity index (χ4v) is 1.56. The zero-order valence-corrected chi connectivity index (χ0v) is 6.92. The van der Waals surface area contributed by atoms with Crippen LogP contribution in [0.4, 0.5) is 0 Å². The lowest BCUT2D eigenvalue weighted by Crippen LogP contribution is -2.37. The van der Waals surface area contributed by atoms with E-state index in [2.05, 4.69) is 0 Å². The first-order valence-corrected chi connectivity index (χ1v) is 4.15. The molecule has 0 aromatic heterocycles. The van der Waals surface area contributed by atoms with Crippen LogP contribution in [-0.4, -0.2) is 35.6 Å². The summed E-state index contributed by atoms with van der Waals surface area (Å²) in [7, 11) is 1.89. The molecule has 1 aliphatic rings. The predicted molar refractivity (Wildman–Crippen MR) is 42.5 cm³/mol. The lowest BCUT2D eigenvalue weighted by atomic mass is 10.1. The van der Waals surface area contributed by atoms with Crippen molar-refractivity contribution < 1.29 is 9.90 Å². The zero-order chi connectivity index (χ0) is 8.27. The second-order valence-corrected chi connectivity index (χ2v) is 3.18. The summed E-state index contributed by atoms with van der Waals surface area (Å²) >= 11 is 0. The van der Waals surface area contributed by atoms with Crippen molar-refractivity contribution in [1.29, 1.82) is 0 Å². The molecule has 0 radical (unpaired) electrons. The average Bonchev–Trinajstić information content (AvgIpc) is 2.13. The van der Waals surface area contributed by atoms with Crippen LogP contribution >= 0.6 is 0 Å². The number of hydrogen-bond acceptors (Lipinski definition) is 2. The molecule has 1 heterocycles. The maximum atomic E-state index is 10.7. The van der Waals surface area contributed by atoms with Gasteiger partial charge in [0.25, 0.3) is 0 Å². The maximum Gasteiger partial charge on any atom is 0.320 e. The zero-order valence-electron chi connectivity index (χ0n) is 6.92. The number of carboxylic acids is 1. The van der Waals surface area contributed by atoms with Crippen molar-refractivity contribution in [3.8, 4) is 0 Å². The van der Waals surface area contributed by atoms with Crippen LogP contribution in [0.3, 0.4) is 0 Å². The molecule has 0 aromatic rings. The summed E-state index contributed by atoms with van der Waals surface area (Å²) in [6.07, 6.45) is 4.18. The Morgan fingerprint density at radius 3 is 2.82 bits per heavy atom. The van der Waals surface area contributed by atoms with Crippen LogP contribution in [0.15, 0.2) is 0 Å². The maximum absolute atomic E-state index is 10.7. The molecule has 11 heavy (non-hydrogen) atoms. The summed E-state index contributed by atoms with van der Waals surface area (Å²) in [6.45, 7) is 0.928. The van der Waals surface area contributed by atoms with Crippen molar-refractivity contribution in [2.75, 3.05) is 13.6 Å². The number of likely N-dealkylation sites (tertiary alicyclic amines) is 1. The molecule has 0 aromatic carbocycles. The SMILES string of the molecule is CN1CCCCCC1C(=O)O. The van der Waals surface area contributed by atoms with Crippen molar-refractivity contribution >= 4 is 5.97 Å². The van der Waals surface area contributed by atoms with Crippen LogP contribution in [-0.2, 0) is 4.79 Å². The Morgan fingerprint density at radius 1 is 1.45 bits per heavy atom. The molecule has 0 amide bonds. The highest BCUT2D eigenvalue weighted by Gasteiger charge is 2.23. The Hall–Kier alpha value is -0.570. The summed E-state index contributed by atoms with van der Waals surface area (Å²) in [5, 5.41) is 8.79. The van der Waals surface area contributed by atoms with Gasteiger partial charge in [-0.2, -0.15) is 0 Å². The lowest BCUT2D eigenvalue weighted by Gasteiger charge is -2.20. The van der Waals surface area contributed by atoms with Gasteiger partial charge in [0, 0.05) is 0 Å². The Kier molecular flexibility index (Phi) is 2.88. The summed E-state index contributed by atoms with van der Waals surface area (Å²) < 4.78 is 0. The highest BCUT2D eigenvalue weighted by molar-refractivity contribution is 5.73. The molecule has 0 bridgehead atoms. The third-order valence-corrected chi connectivity index (χ3v) is 2.31. The van der Waals surface area contributed by atoms with Gasteiger partial charge in [-0.25, -0.2) is 0 Å². The molecular formula is C8H15NO2. The first-order valence-electron chi connectivity index (χ1n) is 4.15. The van der Waals surface area contributed by atoms with E-state index < -0.39 is 5.97 Å². The minimum Gasteiger partial charge on any atom is -0.480 e. The predicted octanol–water partition coefficient (Wildman–Crippen LogP) is 0.945. The molecule has 1 atom stereocenters. The third-order valence-electron chi connectivity index (χ3n) is 2.31. The number of aliphatic carboxylic acids is 1. The number of nitrogens with zero attached hydrogens (tertiary/aromatic N) is 1. The summed E-state index contributed by atoms with van der Waals surface area (Å²) in [5.74, 6) is -0.672. The quantitative estimate of drug-likeness (QED) is 0.616. The molecule has 64 valence electrons. The average molecular weight is 157 g/mol. The second-order valence-electron chi connectivity index (χ2n) is 3.18. The van der Waals surface area contributed by atoms with E-state index in [9.17, 15) is 4.79 Å². The number of carboxylic acid groups (broad SMARTS) is 1. The molecule has 0 aliphatic carbocycles. The van der Waals surface area contributed by atoms with Gasteiger partial charge >= 0.3 is 5.97 Å². The minimum atomic E-state index is -0.672. The van der Waals surface area contributed by atoms with Crippen LogP contribution in [0, 0.1) is 0 Å². The van der Waals surface area contributed by atoms with Gasteiger partial charge in [-0.05, 0) is 26.4 Å². The van der Waals surface area contributed by atoms with Crippen LogP contribution in [0.2, 0.25) is 0 Å². The van der Waals surface area contributed by atoms with E-state index in [-0.39, 0.29) is 6.04 Å². The molecule has 0 saturated carbocycles.